The van der Waals surface area contributed by atoms with E-state index in [9.17, 15) is 9.90 Å². The summed E-state index contributed by atoms with van der Waals surface area (Å²) >= 11 is 0. The lowest BCUT2D eigenvalue weighted by Crippen LogP contribution is -2.39. The predicted octanol–water partition coefficient (Wildman–Crippen LogP) is 0.810. The van der Waals surface area contributed by atoms with Gasteiger partial charge in [0.2, 0.25) is 6.35 Å². The average molecular weight is 325 g/mol. The smallest absolute Gasteiger partial charge is 0.342 e. The number of amides is 2. The van der Waals surface area contributed by atoms with Gasteiger partial charge in [0.15, 0.2) is 5.65 Å². The van der Waals surface area contributed by atoms with E-state index in [1.54, 1.807) is 30.3 Å². The van der Waals surface area contributed by atoms with Crippen LogP contribution in [0.15, 0.2) is 43.0 Å². The van der Waals surface area contributed by atoms with Gasteiger partial charge in [0.25, 0.3) is 0 Å². The van der Waals surface area contributed by atoms with Crippen molar-refractivity contribution in [2.24, 2.45) is 0 Å². The van der Waals surface area contributed by atoms with Gasteiger partial charge in [-0.1, -0.05) is 0 Å². The van der Waals surface area contributed by atoms with Crippen LogP contribution >= 0.6 is 0 Å². The Bertz CT molecular complexity index is 911. The van der Waals surface area contributed by atoms with Gasteiger partial charge in [0, 0.05) is 31.9 Å². The SMILES string of the molecule is CN1C(=O)N(c2cnc3nn(-c4cccnc4)cc3c2)N(C)C1O. The zero-order chi connectivity index (χ0) is 16.8. The molecule has 122 valence electrons. The fourth-order valence-electron chi connectivity index (χ4n) is 2.67. The first kappa shape index (κ1) is 14.5. The highest BCUT2D eigenvalue weighted by atomic mass is 16.3. The number of carbonyl (C=O) groups is 1. The minimum absolute atomic E-state index is 0.328. The van der Waals surface area contributed by atoms with Crippen LogP contribution in [0.4, 0.5) is 10.5 Å². The number of nitrogens with zero attached hydrogens (tertiary/aromatic N) is 7. The molecule has 0 spiro atoms. The van der Waals surface area contributed by atoms with Crippen molar-refractivity contribution in [2.45, 2.75) is 6.35 Å². The molecule has 1 N–H and O–H groups in total. The van der Waals surface area contributed by atoms with Crippen molar-refractivity contribution in [2.75, 3.05) is 19.1 Å². The molecule has 1 atom stereocenters. The average Bonchev–Trinajstić information content (AvgIpc) is 3.11. The van der Waals surface area contributed by atoms with E-state index >= 15 is 0 Å². The summed E-state index contributed by atoms with van der Waals surface area (Å²) in [6.07, 6.45) is 5.77. The second-order valence-corrected chi connectivity index (χ2v) is 5.52. The maximum absolute atomic E-state index is 12.3. The molecule has 1 unspecified atom stereocenters. The van der Waals surface area contributed by atoms with Crippen LogP contribution in [0.2, 0.25) is 0 Å². The quantitative estimate of drug-likeness (QED) is 0.750. The Kier molecular flexibility index (Phi) is 3.18. The van der Waals surface area contributed by atoms with Crippen molar-refractivity contribution in [3.63, 3.8) is 0 Å². The van der Waals surface area contributed by atoms with E-state index in [2.05, 4.69) is 15.1 Å². The molecule has 1 aliphatic heterocycles. The van der Waals surface area contributed by atoms with Crippen molar-refractivity contribution >= 4 is 22.8 Å². The van der Waals surface area contributed by atoms with Crippen LogP contribution in [0, 0.1) is 0 Å². The number of hydrogen-bond donors (Lipinski definition) is 1. The Hall–Kier alpha value is -3.04. The van der Waals surface area contributed by atoms with Gasteiger partial charge in [-0.3, -0.25) is 9.88 Å². The van der Waals surface area contributed by atoms with E-state index in [-0.39, 0.29) is 6.03 Å². The zero-order valence-corrected chi connectivity index (χ0v) is 13.1. The summed E-state index contributed by atoms with van der Waals surface area (Å²) < 4.78 is 1.69. The molecular formula is C15H15N7O2. The number of pyridine rings is 2. The minimum atomic E-state index is -1.01. The third-order valence-electron chi connectivity index (χ3n) is 3.98. The molecule has 4 rings (SSSR count). The number of aliphatic hydroxyl groups excluding tert-OH is 1. The molecule has 3 aromatic heterocycles. The lowest BCUT2D eigenvalue weighted by atomic mass is 10.3. The number of aromatic nitrogens is 4. The number of rotatable bonds is 2. The first-order chi connectivity index (χ1) is 11.6. The van der Waals surface area contributed by atoms with Gasteiger partial charge in [-0.2, -0.15) is 5.01 Å². The van der Waals surface area contributed by atoms with Crippen LogP contribution in [0.5, 0.6) is 0 Å². The Morgan fingerprint density at radius 2 is 2.04 bits per heavy atom. The molecular weight excluding hydrogens is 310 g/mol. The monoisotopic (exact) mass is 325 g/mol. The highest BCUT2D eigenvalue weighted by Gasteiger charge is 2.39. The molecule has 1 aliphatic rings. The second-order valence-electron chi connectivity index (χ2n) is 5.52. The maximum Gasteiger partial charge on any atom is 0.342 e. The highest BCUT2D eigenvalue weighted by Crippen LogP contribution is 2.27. The standard InChI is InChI=1S/C15H15N7O2/c1-19-14(23)20(2)22(15(19)24)12-6-10-9-21(18-13(10)17-8-12)11-4-3-5-16-7-11/h3-9,14,23H,1-2H3. The molecule has 0 aliphatic carbocycles. The van der Waals surface area contributed by atoms with Crippen LogP contribution in [0.3, 0.4) is 0 Å². The Labute approximate surface area is 137 Å². The zero-order valence-electron chi connectivity index (χ0n) is 13.1. The van der Waals surface area contributed by atoms with E-state index < -0.39 is 6.35 Å². The third kappa shape index (κ3) is 2.10. The number of hydrogen-bond acceptors (Lipinski definition) is 6. The third-order valence-corrected chi connectivity index (χ3v) is 3.98. The van der Waals surface area contributed by atoms with Gasteiger partial charge in [-0.15, -0.1) is 5.10 Å². The Morgan fingerprint density at radius 1 is 1.21 bits per heavy atom. The Balaban J connectivity index is 1.75. The van der Waals surface area contributed by atoms with Gasteiger partial charge in [0.05, 0.1) is 23.8 Å². The summed E-state index contributed by atoms with van der Waals surface area (Å²) in [6, 6.07) is 5.20. The first-order valence-electron chi connectivity index (χ1n) is 7.30. The van der Waals surface area contributed by atoms with E-state index in [0.717, 1.165) is 11.1 Å². The van der Waals surface area contributed by atoms with E-state index in [4.69, 9.17) is 0 Å². The predicted molar refractivity (Wildman–Crippen MR) is 86.1 cm³/mol. The van der Waals surface area contributed by atoms with E-state index in [1.165, 1.54) is 22.0 Å². The molecule has 2 amide bonds. The fourth-order valence-corrected chi connectivity index (χ4v) is 2.67. The van der Waals surface area contributed by atoms with Crippen LogP contribution in [0.1, 0.15) is 0 Å². The van der Waals surface area contributed by atoms with Gasteiger partial charge < -0.3 is 5.11 Å². The van der Waals surface area contributed by atoms with Gasteiger partial charge in [0.1, 0.15) is 0 Å². The van der Waals surface area contributed by atoms with Crippen LogP contribution in [-0.4, -0.2) is 61.2 Å². The number of anilines is 1. The maximum atomic E-state index is 12.3. The molecule has 0 saturated carbocycles. The van der Waals surface area contributed by atoms with Gasteiger partial charge >= 0.3 is 6.03 Å². The normalized spacial score (nSPS) is 18.8. The molecule has 9 nitrogen and oxygen atoms in total. The number of carbonyl (C=O) groups excluding carboxylic acids is 1. The van der Waals surface area contributed by atoms with Gasteiger partial charge in [-0.05, 0) is 18.2 Å². The Morgan fingerprint density at radius 3 is 2.71 bits per heavy atom. The number of aliphatic hydroxyl groups is 1. The van der Waals surface area contributed by atoms with Crippen LogP contribution < -0.4 is 5.01 Å². The summed E-state index contributed by atoms with van der Waals surface area (Å²) in [5, 5.41) is 18.0. The molecule has 1 fully saturated rings. The summed E-state index contributed by atoms with van der Waals surface area (Å²) in [7, 11) is 3.17. The molecule has 3 aromatic rings. The van der Waals surface area contributed by atoms with Crippen LogP contribution in [0.25, 0.3) is 16.7 Å². The van der Waals surface area contributed by atoms with Crippen molar-refractivity contribution in [3.8, 4) is 5.69 Å². The fraction of sp³-hybridized carbons (Fsp3) is 0.200. The molecule has 9 heteroatoms. The topological polar surface area (TPSA) is 90.6 Å². The molecule has 1 saturated heterocycles. The number of hydrazine groups is 1. The van der Waals surface area contributed by atoms with Crippen molar-refractivity contribution < 1.29 is 9.90 Å². The first-order valence-corrected chi connectivity index (χ1v) is 7.30. The highest BCUT2D eigenvalue weighted by molar-refractivity contribution is 5.94. The number of fused-ring (bicyclic) bond motifs is 1. The molecule has 4 heterocycles. The minimum Gasteiger partial charge on any atom is -0.359 e. The lowest BCUT2D eigenvalue weighted by Gasteiger charge is -2.23. The second kappa shape index (κ2) is 5.25. The van der Waals surface area contributed by atoms with Crippen molar-refractivity contribution in [3.05, 3.63) is 43.0 Å². The summed E-state index contributed by atoms with van der Waals surface area (Å²) in [5.74, 6) is 0. The van der Waals surface area contributed by atoms with Crippen molar-refractivity contribution in [1.82, 2.24) is 29.7 Å². The summed E-state index contributed by atoms with van der Waals surface area (Å²) in [5.41, 5.74) is 1.94. The van der Waals surface area contributed by atoms with E-state index in [0.29, 0.717) is 11.3 Å². The van der Waals surface area contributed by atoms with Gasteiger partial charge in [-0.25, -0.2) is 19.5 Å². The largest absolute Gasteiger partial charge is 0.359 e. The molecule has 0 aromatic carbocycles. The van der Waals surface area contributed by atoms with Crippen LogP contribution in [-0.2, 0) is 0 Å². The van der Waals surface area contributed by atoms with Crippen molar-refractivity contribution in [1.29, 1.82) is 0 Å². The molecule has 24 heavy (non-hydrogen) atoms. The lowest BCUT2D eigenvalue weighted by molar-refractivity contribution is -0.0294. The van der Waals surface area contributed by atoms with E-state index in [1.807, 2.05) is 24.4 Å². The molecule has 0 radical (unpaired) electrons. The number of urea groups is 1. The summed E-state index contributed by atoms with van der Waals surface area (Å²) in [4.78, 5) is 21.9. The molecule has 0 bridgehead atoms. The summed E-state index contributed by atoms with van der Waals surface area (Å²) in [6.45, 7) is 0.